The molecule has 0 aliphatic carbocycles. The van der Waals surface area contributed by atoms with Gasteiger partial charge in [-0.3, -0.25) is 4.98 Å². The minimum atomic E-state index is 0.0450. The van der Waals surface area contributed by atoms with Crippen molar-refractivity contribution in [3.05, 3.63) is 65.4 Å². The molecule has 0 saturated heterocycles. The zero-order valence-electron chi connectivity index (χ0n) is 17.4. The fourth-order valence-corrected chi connectivity index (χ4v) is 5.49. The fourth-order valence-electron chi connectivity index (χ4n) is 4.38. The van der Waals surface area contributed by atoms with Gasteiger partial charge in [-0.25, -0.2) is 0 Å². The molecule has 4 heterocycles. The number of pyridine rings is 1. The van der Waals surface area contributed by atoms with Gasteiger partial charge in [0.15, 0.2) is 0 Å². The van der Waals surface area contributed by atoms with Crippen LogP contribution in [0.25, 0.3) is 54.3 Å². The average molecular weight is 412 g/mol. The monoisotopic (exact) mass is 411 g/mol. The molecule has 148 valence electrons. The Balaban J connectivity index is 1.71. The second-order valence-electron chi connectivity index (χ2n) is 8.99. The van der Waals surface area contributed by atoms with Gasteiger partial charge < -0.3 is 8.83 Å². The van der Waals surface area contributed by atoms with Gasteiger partial charge in [0.05, 0.1) is 11.1 Å². The summed E-state index contributed by atoms with van der Waals surface area (Å²) in [5.41, 5.74) is 6.05. The normalized spacial score (nSPS) is 12.7. The maximum Gasteiger partial charge on any atom is 0.139 e. The van der Waals surface area contributed by atoms with E-state index in [0.717, 1.165) is 49.9 Å². The molecule has 0 N–H and O–H groups in total. The third kappa shape index (κ3) is 2.53. The van der Waals surface area contributed by atoms with Crippen LogP contribution in [0.3, 0.4) is 0 Å². The van der Waals surface area contributed by atoms with Gasteiger partial charge in [-0.1, -0.05) is 20.8 Å². The van der Waals surface area contributed by atoms with E-state index >= 15 is 0 Å². The van der Waals surface area contributed by atoms with Crippen LogP contribution < -0.4 is 0 Å². The summed E-state index contributed by atoms with van der Waals surface area (Å²) in [6.07, 6.45) is 1.84. The SMILES string of the molecule is Cc1cc2cc3oc4ccnc(-c5cc(C(C)(C)C)c6sccc6c5)c4c3cc2o1. The van der Waals surface area contributed by atoms with Crippen LogP contribution in [0.15, 0.2) is 62.9 Å². The molecule has 30 heavy (non-hydrogen) atoms. The van der Waals surface area contributed by atoms with Gasteiger partial charge in [0.1, 0.15) is 22.5 Å². The van der Waals surface area contributed by atoms with Crippen molar-refractivity contribution >= 4 is 54.3 Å². The number of rotatable bonds is 1. The lowest BCUT2D eigenvalue weighted by molar-refractivity contribution is 0.579. The number of hydrogen-bond donors (Lipinski definition) is 0. The van der Waals surface area contributed by atoms with E-state index < -0.39 is 0 Å². The molecular weight excluding hydrogens is 390 g/mol. The Hall–Kier alpha value is -3.11. The van der Waals surface area contributed by atoms with E-state index in [1.165, 1.54) is 15.6 Å². The first-order chi connectivity index (χ1) is 14.4. The van der Waals surface area contributed by atoms with Gasteiger partial charge in [-0.2, -0.15) is 0 Å². The van der Waals surface area contributed by atoms with Crippen molar-refractivity contribution in [2.45, 2.75) is 33.1 Å². The van der Waals surface area contributed by atoms with E-state index in [1.807, 2.05) is 25.3 Å². The van der Waals surface area contributed by atoms with E-state index in [9.17, 15) is 0 Å². The number of hydrogen-bond acceptors (Lipinski definition) is 4. The van der Waals surface area contributed by atoms with Gasteiger partial charge in [-0.05, 0) is 71.1 Å². The van der Waals surface area contributed by atoms with Crippen LogP contribution in [-0.2, 0) is 5.41 Å². The first kappa shape index (κ1) is 17.7. The van der Waals surface area contributed by atoms with Gasteiger partial charge >= 0.3 is 0 Å². The second kappa shape index (κ2) is 5.96. The van der Waals surface area contributed by atoms with Crippen molar-refractivity contribution in [3.63, 3.8) is 0 Å². The largest absolute Gasteiger partial charge is 0.461 e. The Morgan fingerprint density at radius 2 is 1.73 bits per heavy atom. The maximum absolute atomic E-state index is 6.22. The minimum Gasteiger partial charge on any atom is -0.461 e. The number of benzene rings is 2. The molecule has 4 aromatic heterocycles. The van der Waals surface area contributed by atoms with Crippen molar-refractivity contribution in [3.8, 4) is 11.3 Å². The van der Waals surface area contributed by atoms with E-state index in [1.54, 1.807) is 11.3 Å². The Morgan fingerprint density at radius 3 is 2.57 bits per heavy atom. The maximum atomic E-state index is 6.22. The Kier molecular flexibility index (Phi) is 3.52. The Morgan fingerprint density at radius 1 is 0.867 bits per heavy atom. The van der Waals surface area contributed by atoms with Crippen LogP contribution in [0, 0.1) is 6.92 Å². The van der Waals surface area contributed by atoms with Crippen molar-refractivity contribution < 1.29 is 8.83 Å². The van der Waals surface area contributed by atoms with Crippen LogP contribution in [0.2, 0.25) is 0 Å². The second-order valence-corrected chi connectivity index (χ2v) is 9.91. The van der Waals surface area contributed by atoms with E-state index in [0.29, 0.717) is 0 Å². The molecule has 0 unspecified atom stereocenters. The molecule has 0 saturated carbocycles. The van der Waals surface area contributed by atoms with Gasteiger partial charge in [0, 0.05) is 27.2 Å². The van der Waals surface area contributed by atoms with Crippen LogP contribution in [0.1, 0.15) is 32.1 Å². The highest BCUT2D eigenvalue weighted by atomic mass is 32.1. The van der Waals surface area contributed by atoms with E-state index in [4.69, 9.17) is 13.8 Å². The molecule has 0 atom stereocenters. The fraction of sp³-hybridized carbons (Fsp3) is 0.192. The summed E-state index contributed by atoms with van der Waals surface area (Å²) in [6.45, 7) is 8.77. The molecule has 0 spiro atoms. The summed E-state index contributed by atoms with van der Waals surface area (Å²) in [7, 11) is 0. The molecule has 6 aromatic rings. The summed E-state index contributed by atoms with van der Waals surface area (Å²) in [5.74, 6) is 0.901. The predicted octanol–water partition coefficient (Wildman–Crippen LogP) is 8.21. The number of aryl methyl sites for hydroxylation is 1. The quantitative estimate of drug-likeness (QED) is 0.274. The van der Waals surface area contributed by atoms with Crippen molar-refractivity contribution in [2.24, 2.45) is 0 Å². The Bertz CT molecular complexity index is 1590. The molecule has 0 bridgehead atoms. The third-order valence-corrected chi connectivity index (χ3v) is 6.74. The highest BCUT2D eigenvalue weighted by molar-refractivity contribution is 7.17. The highest BCUT2D eigenvalue weighted by Gasteiger charge is 2.21. The summed E-state index contributed by atoms with van der Waals surface area (Å²) in [5, 5.41) is 6.57. The summed E-state index contributed by atoms with van der Waals surface area (Å²) in [4.78, 5) is 4.81. The number of thiophene rings is 1. The Labute approximate surface area is 177 Å². The van der Waals surface area contributed by atoms with Gasteiger partial charge in [-0.15, -0.1) is 11.3 Å². The molecular formula is C26H21NO2S. The first-order valence-electron chi connectivity index (χ1n) is 10.1. The first-order valence-corrected chi connectivity index (χ1v) is 11.0. The summed E-state index contributed by atoms with van der Waals surface area (Å²) in [6, 6.07) is 14.9. The zero-order chi connectivity index (χ0) is 20.6. The van der Waals surface area contributed by atoms with Crippen LogP contribution in [0.4, 0.5) is 0 Å². The number of nitrogens with zero attached hydrogens (tertiary/aromatic N) is 1. The highest BCUT2D eigenvalue weighted by Crippen LogP contribution is 2.41. The zero-order valence-corrected chi connectivity index (χ0v) is 18.2. The molecule has 0 aliphatic rings. The number of furan rings is 2. The topological polar surface area (TPSA) is 39.2 Å². The smallest absolute Gasteiger partial charge is 0.139 e. The van der Waals surface area contributed by atoms with E-state index in [2.05, 4.69) is 56.5 Å². The molecule has 2 aromatic carbocycles. The van der Waals surface area contributed by atoms with E-state index in [-0.39, 0.29) is 5.41 Å². The molecule has 6 rings (SSSR count). The van der Waals surface area contributed by atoms with Crippen LogP contribution >= 0.6 is 11.3 Å². The lowest BCUT2D eigenvalue weighted by Crippen LogP contribution is -2.11. The molecule has 3 nitrogen and oxygen atoms in total. The standard InChI is InChI=1S/C26H21NO2S/c1-14-9-16-12-22-18(13-21(16)28-14)23-20(29-22)5-7-27-24(23)17-10-15-6-8-30-25(15)19(11-17)26(2,3)4/h5-13H,1-4H3. The minimum absolute atomic E-state index is 0.0450. The summed E-state index contributed by atoms with van der Waals surface area (Å²) < 4.78 is 13.5. The molecule has 0 fully saturated rings. The van der Waals surface area contributed by atoms with Crippen LogP contribution in [-0.4, -0.2) is 4.98 Å². The molecule has 0 aliphatic heterocycles. The number of aromatic nitrogens is 1. The van der Waals surface area contributed by atoms with Crippen molar-refractivity contribution in [2.75, 3.05) is 0 Å². The molecule has 0 radical (unpaired) electrons. The lowest BCUT2D eigenvalue weighted by Gasteiger charge is -2.21. The molecule has 4 heteroatoms. The third-order valence-electron chi connectivity index (χ3n) is 5.78. The average Bonchev–Trinajstić information content (AvgIpc) is 3.39. The molecule has 0 amide bonds. The predicted molar refractivity (Wildman–Crippen MR) is 126 cm³/mol. The van der Waals surface area contributed by atoms with Gasteiger partial charge in [0.25, 0.3) is 0 Å². The van der Waals surface area contributed by atoms with Crippen molar-refractivity contribution in [1.29, 1.82) is 0 Å². The number of fused-ring (bicyclic) bond motifs is 5. The van der Waals surface area contributed by atoms with Crippen LogP contribution in [0.5, 0.6) is 0 Å². The lowest BCUT2D eigenvalue weighted by atomic mass is 9.85. The van der Waals surface area contributed by atoms with Gasteiger partial charge in [0.2, 0.25) is 0 Å². The summed E-state index contributed by atoms with van der Waals surface area (Å²) >= 11 is 1.80. The van der Waals surface area contributed by atoms with Crippen molar-refractivity contribution in [1.82, 2.24) is 4.98 Å².